The van der Waals surface area contributed by atoms with Gasteiger partial charge in [-0.15, -0.1) is 0 Å². The van der Waals surface area contributed by atoms with Crippen LogP contribution in [0.5, 0.6) is 0 Å². The fraction of sp³-hybridized carbons (Fsp3) is 0. The number of carbonyl (C=O) groups excluding carboxylic acids is 1. The van der Waals surface area contributed by atoms with Crippen molar-refractivity contribution in [3.05, 3.63) is 82.3 Å². The molecule has 0 atom stereocenters. The molecule has 92 valence electrons. The first-order chi connectivity index (χ1) is 9.25. The summed E-state index contributed by atoms with van der Waals surface area (Å²) < 4.78 is 0. The first-order valence-electron chi connectivity index (χ1n) is 5.97. The molecule has 0 radical (unpaired) electrons. The molecule has 0 spiro atoms. The number of aromatic amines is 1. The third kappa shape index (κ3) is 2.06. The van der Waals surface area contributed by atoms with Crippen LogP contribution in [0.15, 0.2) is 65.5 Å². The van der Waals surface area contributed by atoms with E-state index in [0.717, 1.165) is 5.39 Å². The first kappa shape index (κ1) is 11.4. The fourth-order valence-corrected chi connectivity index (χ4v) is 2.08. The number of H-pyrrole nitrogens is 1. The van der Waals surface area contributed by atoms with Crippen LogP contribution in [0.2, 0.25) is 0 Å². The lowest BCUT2D eigenvalue weighted by molar-refractivity contribution is 0.103. The molecule has 0 amide bonds. The lowest BCUT2D eigenvalue weighted by Crippen LogP contribution is -2.13. The zero-order chi connectivity index (χ0) is 13.2. The fourth-order valence-electron chi connectivity index (χ4n) is 2.08. The van der Waals surface area contributed by atoms with E-state index in [9.17, 15) is 9.59 Å². The highest BCUT2D eigenvalue weighted by Crippen LogP contribution is 2.12. The van der Waals surface area contributed by atoms with Crippen molar-refractivity contribution in [3.8, 4) is 0 Å². The number of ketones is 1. The van der Waals surface area contributed by atoms with E-state index in [1.807, 2.05) is 18.2 Å². The van der Waals surface area contributed by atoms with Gasteiger partial charge in [0.1, 0.15) is 0 Å². The van der Waals surface area contributed by atoms with E-state index in [1.165, 1.54) is 0 Å². The monoisotopic (exact) mass is 249 g/mol. The van der Waals surface area contributed by atoms with E-state index in [4.69, 9.17) is 0 Å². The second kappa shape index (κ2) is 4.53. The van der Waals surface area contributed by atoms with Crippen LogP contribution >= 0.6 is 0 Å². The van der Waals surface area contributed by atoms with Gasteiger partial charge < -0.3 is 4.98 Å². The smallest absolute Gasteiger partial charge is 0.256 e. The van der Waals surface area contributed by atoms with Crippen molar-refractivity contribution in [1.29, 1.82) is 0 Å². The van der Waals surface area contributed by atoms with Crippen molar-refractivity contribution >= 4 is 16.6 Å². The summed E-state index contributed by atoms with van der Waals surface area (Å²) in [5.41, 5.74) is 0.640. The van der Waals surface area contributed by atoms with E-state index in [1.54, 1.807) is 42.5 Å². The van der Waals surface area contributed by atoms with Gasteiger partial charge in [0.05, 0.1) is 5.69 Å². The molecule has 3 rings (SSSR count). The molecule has 0 bridgehead atoms. The third-order valence-corrected chi connectivity index (χ3v) is 3.03. The Hall–Kier alpha value is -2.68. The van der Waals surface area contributed by atoms with Gasteiger partial charge in [-0.2, -0.15) is 0 Å². The van der Waals surface area contributed by atoms with Gasteiger partial charge in [0.25, 0.3) is 5.56 Å². The van der Waals surface area contributed by atoms with Gasteiger partial charge in [0.15, 0.2) is 0 Å². The van der Waals surface area contributed by atoms with E-state index in [0.29, 0.717) is 16.6 Å². The maximum atomic E-state index is 12.3. The van der Waals surface area contributed by atoms with E-state index < -0.39 is 0 Å². The lowest BCUT2D eigenvalue weighted by atomic mass is 10.1. The molecule has 3 nitrogen and oxygen atoms in total. The Morgan fingerprint density at radius 1 is 0.895 bits per heavy atom. The summed E-state index contributed by atoms with van der Waals surface area (Å²) in [5, 5.41) is 1.36. The quantitative estimate of drug-likeness (QED) is 0.710. The third-order valence-electron chi connectivity index (χ3n) is 3.03. The number of rotatable bonds is 2. The molecule has 0 aliphatic rings. The summed E-state index contributed by atoms with van der Waals surface area (Å²) >= 11 is 0. The van der Waals surface area contributed by atoms with Crippen molar-refractivity contribution < 1.29 is 4.79 Å². The predicted octanol–water partition coefficient (Wildman–Crippen LogP) is 2.76. The average molecular weight is 249 g/mol. The van der Waals surface area contributed by atoms with Crippen LogP contribution in [0, 0.1) is 0 Å². The molecule has 0 saturated carbocycles. The second-order valence-corrected chi connectivity index (χ2v) is 4.29. The molecule has 2 aromatic carbocycles. The standard InChI is InChI=1S/C16H11NO2/c18-15(11-6-2-1-3-7-11)14-10-12-8-4-5-9-13(12)16(19)17-14/h1-10H,(H,17,19). The van der Waals surface area contributed by atoms with Crippen molar-refractivity contribution in [2.24, 2.45) is 0 Å². The predicted molar refractivity (Wildman–Crippen MR) is 74.4 cm³/mol. The van der Waals surface area contributed by atoms with Crippen LogP contribution < -0.4 is 5.56 Å². The normalized spacial score (nSPS) is 10.5. The Balaban J connectivity index is 2.17. The SMILES string of the molecule is O=C(c1ccccc1)c1cc2ccccc2c(=O)[nH]1. The van der Waals surface area contributed by atoms with Gasteiger partial charge in [0, 0.05) is 10.9 Å². The molecule has 0 fully saturated rings. The van der Waals surface area contributed by atoms with Crippen LogP contribution in [0.3, 0.4) is 0 Å². The molecule has 0 unspecified atom stereocenters. The maximum absolute atomic E-state index is 12.3. The molecule has 0 saturated heterocycles. The number of benzene rings is 2. The van der Waals surface area contributed by atoms with Gasteiger partial charge in [-0.1, -0.05) is 48.5 Å². The number of nitrogens with one attached hydrogen (secondary N) is 1. The lowest BCUT2D eigenvalue weighted by Gasteiger charge is -2.03. The molecular weight excluding hydrogens is 238 g/mol. The van der Waals surface area contributed by atoms with Crippen molar-refractivity contribution in [3.63, 3.8) is 0 Å². The van der Waals surface area contributed by atoms with Crippen LogP contribution in [-0.2, 0) is 0 Å². The number of hydrogen-bond acceptors (Lipinski definition) is 2. The first-order valence-corrected chi connectivity index (χ1v) is 5.97. The topological polar surface area (TPSA) is 49.9 Å². The number of aromatic nitrogens is 1. The van der Waals surface area contributed by atoms with Crippen LogP contribution in [0.1, 0.15) is 16.1 Å². The summed E-state index contributed by atoms with van der Waals surface area (Å²) in [5.74, 6) is -0.177. The minimum atomic E-state index is -0.239. The molecule has 1 aromatic heterocycles. The highest BCUT2D eigenvalue weighted by Gasteiger charge is 2.11. The van der Waals surface area contributed by atoms with Crippen LogP contribution in [-0.4, -0.2) is 10.8 Å². The van der Waals surface area contributed by atoms with Crippen LogP contribution in [0.4, 0.5) is 0 Å². The summed E-state index contributed by atoms with van der Waals surface area (Å²) in [4.78, 5) is 26.8. The van der Waals surface area contributed by atoms with E-state index >= 15 is 0 Å². The van der Waals surface area contributed by atoms with Gasteiger partial charge in [0.2, 0.25) is 5.78 Å². The minimum Gasteiger partial charge on any atom is -0.319 e. The number of pyridine rings is 1. The molecule has 0 aliphatic carbocycles. The van der Waals surface area contributed by atoms with Crippen molar-refractivity contribution in [2.75, 3.05) is 0 Å². The summed E-state index contributed by atoms with van der Waals surface area (Å²) in [6, 6.07) is 17.8. The Kier molecular flexibility index (Phi) is 2.72. The largest absolute Gasteiger partial charge is 0.319 e. The number of carbonyl (C=O) groups is 1. The molecular formula is C16H11NO2. The maximum Gasteiger partial charge on any atom is 0.256 e. The Morgan fingerprint density at radius 2 is 1.58 bits per heavy atom. The molecule has 1 N–H and O–H groups in total. The van der Waals surface area contributed by atoms with Crippen molar-refractivity contribution in [2.45, 2.75) is 0 Å². The zero-order valence-corrected chi connectivity index (χ0v) is 10.1. The van der Waals surface area contributed by atoms with Gasteiger partial charge in [-0.3, -0.25) is 9.59 Å². The highest BCUT2D eigenvalue weighted by molar-refractivity contribution is 6.09. The number of hydrogen-bond donors (Lipinski definition) is 1. The summed E-state index contributed by atoms with van der Waals surface area (Å²) in [6.45, 7) is 0. The molecule has 3 aromatic rings. The van der Waals surface area contributed by atoms with E-state index in [2.05, 4.69) is 4.98 Å². The minimum absolute atomic E-state index is 0.177. The Bertz CT molecular complexity index is 804. The average Bonchev–Trinajstić information content (AvgIpc) is 2.47. The summed E-state index contributed by atoms with van der Waals surface area (Å²) in [7, 11) is 0. The Labute approximate surface area is 109 Å². The molecule has 19 heavy (non-hydrogen) atoms. The van der Waals surface area contributed by atoms with Gasteiger partial charge in [-0.25, -0.2) is 0 Å². The second-order valence-electron chi connectivity index (χ2n) is 4.29. The van der Waals surface area contributed by atoms with E-state index in [-0.39, 0.29) is 11.3 Å². The van der Waals surface area contributed by atoms with Crippen LogP contribution in [0.25, 0.3) is 10.8 Å². The number of fused-ring (bicyclic) bond motifs is 1. The van der Waals surface area contributed by atoms with Gasteiger partial charge >= 0.3 is 0 Å². The molecule has 0 aliphatic heterocycles. The van der Waals surface area contributed by atoms with Crippen molar-refractivity contribution in [1.82, 2.24) is 4.98 Å². The molecule has 3 heteroatoms. The zero-order valence-electron chi connectivity index (χ0n) is 10.1. The summed E-state index contributed by atoms with van der Waals surface area (Å²) in [6.07, 6.45) is 0. The Morgan fingerprint density at radius 3 is 2.37 bits per heavy atom. The highest BCUT2D eigenvalue weighted by atomic mass is 16.1. The molecule has 1 heterocycles. The van der Waals surface area contributed by atoms with Gasteiger partial charge in [-0.05, 0) is 17.5 Å².